The number of hydrogen-bond acceptors (Lipinski definition) is 5. The number of hydrogen-bond donors (Lipinski definition) is 2. The highest BCUT2D eigenvalue weighted by Crippen LogP contribution is 2.36. The Kier molecular flexibility index (Phi) is 3.14. The smallest absolute Gasteiger partial charge is 0.174 e. The van der Waals surface area contributed by atoms with E-state index >= 15 is 0 Å². The lowest BCUT2D eigenvalue weighted by Crippen LogP contribution is -2.29. The molecule has 1 saturated heterocycles. The third kappa shape index (κ3) is 2.45. The van der Waals surface area contributed by atoms with Gasteiger partial charge in [-0.1, -0.05) is 6.92 Å². The van der Waals surface area contributed by atoms with Gasteiger partial charge >= 0.3 is 0 Å². The van der Waals surface area contributed by atoms with E-state index in [1.54, 1.807) is 0 Å². The number of β-amino-alcohol motifs (C(OH)–C–C–N with tert-alkyl or cyclic N) is 1. The Bertz CT molecular complexity index is 440. The molecular weight excluding hydrogens is 236 g/mol. The molecule has 0 saturated carbocycles. The zero-order valence-electron chi connectivity index (χ0n) is 10.2. The third-order valence-electron chi connectivity index (χ3n) is 3.09. The minimum absolute atomic E-state index is 0.0877. The fraction of sp³-hybridized carbons (Fsp3) is 0.583. The predicted molar refractivity (Wildman–Crippen MR) is 70.8 cm³/mol. The molecule has 4 nitrogen and oxygen atoms in total. The summed E-state index contributed by atoms with van der Waals surface area (Å²) < 4.78 is 0. The monoisotopic (exact) mass is 254 g/mol. The standard InChI is InChI=1S/C12H18N2O2S/c1-3-9(15)11-8(13)6-10(17-11)14-5-4-12(2,16)7-14/h6,16H,3-5,7,13H2,1-2H3. The highest BCUT2D eigenvalue weighted by molar-refractivity contribution is 7.18. The van der Waals surface area contributed by atoms with E-state index in [0.29, 0.717) is 23.5 Å². The van der Waals surface area contributed by atoms with Crippen molar-refractivity contribution in [3.63, 3.8) is 0 Å². The highest BCUT2D eigenvalue weighted by atomic mass is 32.1. The van der Waals surface area contributed by atoms with Crippen LogP contribution in [0.1, 0.15) is 36.4 Å². The number of anilines is 2. The molecule has 1 aromatic rings. The summed E-state index contributed by atoms with van der Waals surface area (Å²) in [5.41, 5.74) is 5.78. The summed E-state index contributed by atoms with van der Waals surface area (Å²) in [6.45, 7) is 5.09. The number of nitrogen functional groups attached to an aromatic ring is 1. The zero-order chi connectivity index (χ0) is 12.6. The lowest BCUT2D eigenvalue weighted by atomic mass is 10.1. The number of carbonyl (C=O) groups excluding carboxylic acids is 1. The largest absolute Gasteiger partial charge is 0.397 e. The van der Waals surface area contributed by atoms with Gasteiger partial charge in [-0.05, 0) is 19.4 Å². The summed E-state index contributed by atoms with van der Waals surface area (Å²) >= 11 is 1.43. The minimum Gasteiger partial charge on any atom is -0.397 e. The normalized spacial score (nSPS) is 24.3. The van der Waals surface area contributed by atoms with E-state index < -0.39 is 5.60 Å². The van der Waals surface area contributed by atoms with E-state index in [-0.39, 0.29) is 5.78 Å². The minimum atomic E-state index is -0.631. The molecular formula is C12H18N2O2S. The van der Waals surface area contributed by atoms with E-state index in [0.717, 1.165) is 18.0 Å². The highest BCUT2D eigenvalue weighted by Gasteiger charge is 2.32. The van der Waals surface area contributed by atoms with Crippen LogP contribution >= 0.6 is 11.3 Å². The summed E-state index contributed by atoms with van der Waals surface area (Å²) in [6, 6.07) is 1.84. The van der Waals surface area contributed by atoms with E-state index in [9.17, 15) is 9.90 Å². The molecule has 1 aliphatic rings. The second-order valence-corrected chi connectivity index (χ2v) is 5.84. The molecule has 2 heterocycles. The molecule has 17 heavy (non-hydrogen) atoms. The molecule has 2 rings (SSSR count). The summed E-state index contributed by atoms with van der Waals surface area (Å²) in [7, 11) is 0. The van der Waals surface area contributed by atoms with Crippen molar-refractivity contribution < 1.29 is 9.90 Å². The van der Waals surface area contributed by atoms with Gasteiger partial charge in [0.25, 0.3) is 0 Å². The number of Topliss-reactive ketones (excluding diaryl/α,β-unsaturated/α-hetero) is 1. The Balaban J connectivity index is 2.21. The van der Waals surface area contributed by atoms with Crippen LogP contribution < -0.4 is 10.6 Å². The molecule has 1 unspecified atom stereocenters. The van der Waals surface area contributed by atoms with Crippen molar-refractivity contribution >= 4 is 27.8 Å². The molecule has 5 heteroatoms. The lowest BCUT2D eigenvalue weighted by molar-refractivity contribution is 0.0839. The Morgan fingerprint density at radius 1 is 1.71 bits per heavy atom. The van der Waals surface area contributed by atoms with Crippen molar-refractivity contribution in [2.75, 3.05) is 23.7 Å². The summed E-state index contributed by atoms with van der Waals surface area (Å²) in [6.07, 6.45) is 1.23. The molecule has 0 bridgehead atoms. The fourth-order valence-electron chi connectivity index (χ4n) is 2.06. The van der Waals surface area contributed by atoms with E-state index in [2.05, 4.69) is 4.90 Å². The summed E-state index contributed by atoms with van der Waals surface area (Å²) in [5.74, 6) is 0.0877. The van der Waals surface area contributed by atoms with Gasteiger partial charge in [0, 0.05) is 19.5 Å². The van der Waals surface area contributed by atoms with Crippen LogP contribution in [0.25, 0.3) is 0 Å². The van der Waals surface area contributed by atoms with Gasteiger partial charge < -0.3 is 15.7 Å². The molecule has 1 aliphatic heterocycles. The SMILES string of the molecule is CCC(=O)c1sc(N2CCC(C)(O)C2)cc1N. The molecule has 0 radical (unpaired) electrons. The average molecular weight is 254 g/mol. The van der Waals surface area contributed by atoms with Gasteiger partial charge in [0.05, 0.1) is 21.2 Å². The molecule has 94 valence electrons. The first-order valence-corrected chi connectivity index (χ1v) is 6.64. The van der Waals surface area contributed by atoms with Crippen molar-refractivity contribution in [2.45, 2.75) is 32.3 Å². The van der Waals surface area contributed by atoms with Gasteiger partial charge in [0.1, 0.15) is 0 Å². The van der Waals surface area contributed by atoms with Crippen LogP contribution in [0.4, 0.5) is 10.7 Å². The van der Waals surface area contributed by atoms with E-state index in [1.165, 1.54) is 11.3 Å². The maximum atomic E-state index is 11.7. The van der Waals surface area contributed by atoms with Crippen LogP contribution in [0.5, 0.6) is 0 Å². The van der Waals surface area contributed by atoms with Crippen LogP contribution in [-0.4, -0.2) is 29.6 Å². The number of carbonyl (C=O) groups is 1. The van der Waals surface area contributed by atoms with Crippen LogP contribution in [0.15, 0.2) is 6.07 Å². The second kappa shape index (κ2) is 4.31. The number of aliphatic hydroxyl groups is 1. The number of rotatable bonds is 3. The Labute approximate surface area is 105 Å². The lowest BCUT2D eigenvalue weighted by Gasteiger charge is -2.18. The van der Waals surface area contributed by atoms with Crippen molar-refractivity contribution in [3.8, 4) is 0 Å². The molecule has 1 fully saturated rings. The van der Waals surface area contributed by atoms with Gasteiger partial charge in [-0.2, -0.15) is 0 Å². The van der Waals surface area contributed by atoms with Crippen LogP contribution in [-0.2, 0) is 0 Å². The van der Waals surface area contributed by atoms with Crippen molar-refractivity contribution in [3.05, 3.63) is 10.9 Å². The van der Waals surface area contributed by atoms with Gasteiger partial charge in [-0.15, -0.1) is 11.3 Å². The Morgan fingerprint density at radius 2 is 2.41 bits per heavy atom. The second-order valence-electron chi connectivity index (χ2n) is 4.81. The first kappa shape index (κ1) is 12.4. The van der Waals surface area contributed by atoms with Gasteiger partial charge in [-0.25, -0.2) is 0 Å². The van der Waals surface area contributed by atoms with Crippen LogP contribution in [0.2, 0.25) is 0 Å². The summed E-state index contributed by atoms with van der Waals surface area (Å²) in [4.78, 5) is 14.4. The maximum Gasteiger partial charge on any atom is 0.174 e. The number of ketones is 1. The third-order valence-corrected chi connectivity index (χ3v) is 4.34. The number of thiophene rings is 1. The fourth-order valence-corrected chi connectivity index (χ4v) is 3.17. The molecule has 1 atom stereocenters. The molecule has 0 aromatic carbocycles. The number of nitrogens with two attached hydrogens (primary N) is 1. The van der Waals surface area contributed by atoms with Crippen molar-refractivity contribution in [1.29, 1.82) is 0 Å². The Hall–Kier alpha value is -1.07. The topological polar surface area (TPSA) is 66.6 Å². The van der Waals surface area contributed by atoms with Crippen LogP contribution in [0, 0.1) is 0 Å². The van der Waals surface area contributed by atoms with Gasteiger partial charge in [0.15, 0.2) is 5.78 Å². The van der Waals surface area contributed by atoms with Crippen molar-refractivity contribution in [1.82, 2.24) is 0 Å². The first-order valence-electron chi connectivity index (χ1n) is 5.83. The zero-order valence-corrected chi connectivity index (χ0v) is 11.0. The number of nitrogens with zero attached hydrogens (tertiary/aromatic N) is 1. The molecule has 0 amide bonds. The maximum absolute atomic E-state index is 11.7. The summed E-state index contributed by atoms with van der Waals surface area (Å²) in [5, 5.41) is 10.9. The van der Waals surface area contributed by atoms with Gasteiger partial charge in [-0.3, -0.25) is 4.79 Å². The molecule has 1 aromatic heterocycles. The van der Waals surface area contributed by atoms with E-state index in [4.69, 9.17) is 5.73 Å². The van der Waals surface area contributed by atoms with E-state index in [1.807, 2.05) is 19.9 Å². The predicted octanol–water partition coefficient (Wildman–Crippen LogP) is 1.88. The molecule has 0 aliphatic carbocycles. The molecule has 3 N–H and O–H groups in total. The molecule has 0 spiro atoms. The van der Waals surface area contributed by atoms with Crippen LogP contribution in [0.3, 0.4) is 0 Å². The first-order chi connectivity index (χ1) is 7.93. The Morgan fingerprint density at radius 3 is 2.94 bits per heavy atom. The quantitative estimate of drug-likeness (QED) is 0.808. The van der Waals surface area contributed by atoms with Gasteiger partial charge in [0.2, 0.25) is 0 Å². The van der Waals surface area contributed by atoms with Crippen molar-refractivity contribution in [2.24, 2.45) is 0 Å². The average Bonchev–Trinajstić information content (AvgIpc) is 2.80.